The fourth-order valence-corrected chi connectivity index (χ4v) is 2.15. The van der Waals surface area contributed by atoms with E-state index in [9.17, 15) is 14.4 Å². The molecule has 1 aromatic heterocycles. The number of furan rings is 1. The van der Waals surface area contributed by atoms with Crippen molar-refractivity contribution in [3.05, 3.63) is 53.5 Å². The van der Waals surface area contributed by atoms with E-state index in [0.717, 1.165) is 0 Å². The summed E-state index contributed by atoms with van der Waals surface area (Å²) < 4.78 is 10.3. The molecule has 0 aliphatic rings. The number of esters is 1. The Balaban J connectivity index is 2.02. The second-order valence-electron chi connectivity index (χ2n) is 7.08. The molecule has 0 fully saturated rings. The van der Waals surface area contributed by atoms with Crippen LogP contribution >= 0.6 is 0 Å². The van der Waals surface area contributed by atoms with Crippen molar-refractivity contribution in [2.45, 2.75) is 40.7 Å². The van der Waals surface area contributed by atoms with E-state index in [0.29, 0.717) is 22.6 Å². The molecule has 1 unspecified atom stereocenters. The highest BCUT2D eigenvalue weighted by Gasteiger charge is 2.23. The zero-order chi connectivity index (χ0) is 19.5. The van der Waals surface area contributed by atoms with Crippen LogP contribution < -0.4 is 5.32 Å². The van der Waals surface area contributed by atoms with Gasteiger partial charge in [-0.1, -0.05) is 20.8 Å². The maximum Gasteiger partial charge on any atom is 0.342 e. The normalized spacial score (nSPS) is 12.3. The minimum atomic E-state index is -0.938. The van der Waals surface area contributed by atoms with Gasteiger partial charge >= 0.3 is 5.97 Å². The molecule has 26 heavy (non-hydrogen) atoms. The Bertz CT molecular complexity index is 811. The second-order valence-corrected chi connectivity index (χ2v) is 7.08. The molecule has 0 radical (unpaired) electrons. The number of Topliss-reactive ketones (excluding diaryl/α,β-unsaturated/α-hetero) is 1. The Kier molecular flexibility index (Phi) is 5.65. The van der Waals surface area contributed by atoms with Crippen LogP contribution in [0.5, 0.6) is 0 Å². The molecule has 1 atom stereocenters. The molecule has 0 saturated carbocycles. The summed E-state index contributed by atoms with van der Waals surface area (Å²) in [5.41, 5.74) is 0.774. The highest BCUT2D eigenvalue weighted by molar-refractivity contribution is 6.02. The standard InChI is InChI=1S/C20H23NO5/c1-12-16(10-11-25-12)18(23)26-13(2)17(22)14-6-8-15(9-7-14)21-19(24)20(3,4)5/h6-11,13H,1-5H3,(H,21,24). The lowest BCUT2D eigenvalue weighted by Crippen LogP contribution is -2.27. The van der Waals surface area contributed by atoms with E-state index in [1.807, 2.05) is 20.8 Å². The van der Waals surface area contributed by atoms with Gasteiger partial charge in [0, 0.05) is 16.7 Å². The molecule has 2 aromatic rings. The van der Waals surface area contributed by atoms with Crippen LogP contribution in [0, 0.1) is 12.3 Å². The van der Waals surface area contributed by atoms with Gasteiger partial charge in [0.05, 0.1) is 6.26 Å². The molecule has 6 heteroatoms. The summed E-state index contributed by atoms with van der Waals surface area (Å²) in [6, 6.07) is 7.97. The SMILES string of the molecule is Cc1occc1C(=O)OC(C)C(=O)c1ccc(NC(=O)C(C)(C)C)cc1. The summed E-state index contributed by atoms with van der Waals surface area (Å²) in [4.78, 5) is 36.5. The minimum Gasteiger partial charge on any atom is -0.469 e. The zero-order valence-corrected chi connectivity index (χ0v) is 15.6. The van der Waals surface area contributed by atoms with Gasteiger partial charge in [-0.15, -0.1) is 0 Å². The number of carbonyl (C=O) groups is 3. The minimum absolute atomic E-state index is 0.116. The Morgan fingerprint density at radius 3 is 2.19 bits per heavy atom. The van der Waals surface area contributed by atoms with Crippen molar-refractivity contribution in [2.75, 3.05) is 5.32 Å². The molecule has 0 saturated heterocycles. The van der Waals surface area contributed by atoms with Crippen LogP contribution in [-0.4, -0.2) is 23.8 Å². The third-order valence-corrected chi connectivity index (χ3v) is 3.84. The van der Waals surface area contributed by atoms with Gasteiger partial charge in [-0.3, -0.25) is 9.59 Å². The van der Waals surface area contributed by atoms with Crippen LogP contribution in [0.15, 0.2) is 41.0 Å². The highest BCUT2D eigenvalue weighted by atomic mass is 16.5. The second kappa shape index (κ2) is 7.56. The molecule has 0 aliphatic carbocycles. The van der Waals surface area contributed by atoms with E-state index >= 15 is 0 Å². The van der Waals surface area contributed by atoms with E-state index in [-0.39, 0.29) is 11.7 Å². The maximum atomic E-state index is 12.4. The van der Waals surface area contributed by atoms with Crippen molar-refractivity contribution >= 4 is 23.3 Å². The number of aryl methyl sites for hydroxylation is 1. The number of rotatable bonds is 5. The van der Waals surface area contributed by atoms with E-state index in [1.54, 1.807) is 31.2 Å². The summed E-state index contributed by atoms with van der Waals surface area (Å²) >= 11 is 0. The van der Waals surface area contributed by atoms with Gasteiger partial charge in [-0.2, -0.15) is 0 Å². The number of amides is 1. The molecular weight excluding hydrogens is 334 g/mol. The maximum absolute atomic E-state index is 12.4. The van der Waals surface area contributed by atoms with Crippen LogP contribution in [-0.2, 0) is 9.53 Å². The van der Waals surface area contributed by atoms with Crippen LogP contribution in [0.25, 0.3) is 0 Å². The fraction of sp³-hybridized carbons (Fsp3) is 0.350. The summed E-state index contributed by atoms with van der Waals surface area (Å²) in [7, 11) is 0. The largest absolute Gasteiger partial charge is 0.469 e. The monoisotopic (exact) mass is 357 g/mol. The first-order chi connectivity index (χ1) is 12.1. The lowest BCUT2D eigenvalue weighted by molar-refractivity contribution is -0.123. The molecule has 138 valence electrons. The Hall–Kier alpha value is -2.89. The van der Waals surface area contributed by atoms with Crippen molar-refractivity contribution in [2.24, 2.45) is 5.41 Å². The molecule has 1 heterocycles. The zero-order valence-electron chi connectivity index (χ0n) is 15.6. The molecule has 6 nitrogen and oxygen atoms in total. The number of ketones is 1. The first-order valence-electron chi connectivity index (χ1n) is 8.30. The van der Waals surface area contributed by atoms with Gasteiger partial charge in [-0.25, -0.2) is 4.79 Å². The van der Waals surface area contributed by atoms with Crippen molar-refractivity contribution < 1.29 is 23.5 Å². The number of anilines is 1. The van der Waals surface area contributed by atoms with E-state index in [1.165, 1.54) is 19.3 Å². The summed E-state index contributed by atoms with van der Waals surface area (Å²) in [6.45, 7) is 8.62. The van der Waals surface area contributed by atoms with Crippen LogP contribution in [0.1, 0.15) is 54.2 Å². The van der Waals surface area contributed by atoms with Crippen molar-refractivity contribution in [1.82, 2.24) is 0 Å². The third kappa shape index (κ3) is 4.59. The number of hydrogen-bond acceptors (Lipinski definition) is 5. The summed E-state index contributed by atoms with van der Waals surface area (Å²) in [5.74, 6) is -0.609. The summed E-state index contributed by atoms with van der Waals surface area (Å²) in [6.07, 6.45) is 0.454. The number of carbonyl (C=O) groups excluding carboxylic acids is 3. The van der Waals surface area contributed by atoms with E-state index < -0.39 is 17.5 Å². The van der Waals surface area contributed by atoms with E-state index in [2.05, 4.69) is 5.32 Å². The van der Waals surface area contributed by atoms with Gasteiger partial charge in [0.25, 0.3) is 0 Å². The smallest absolute Gasteiger partial charge is 0.342 e. The average molecular weight is 357 g/mol. The lowest BCUT2D eigenvalue weighted by atomic mass is 9.95. The molecule has 0 aliphatic heterocycles. The molecule has 0 bridgehead atoms. The molecule has 1 N–H and O–H groups in total. The number of ether oxygens (including phenoxy) is 1. The molecule has 2 rings (SSSR count). The molecule has 1 aromatic carbocycles. The fourth-order valence-electron chi connectivity index (χ4n) is 2.15. The quantitative estimate of drug-likeness (QED) is 0.646. The first kappa shape index (κ1) is 19.4. The summed E-state index contributed by atoms with van der Waals surface area (Å²) in [5, 5.41) is 2.79. The number of nitrogens with one attached hydrogen (secondary N) is 1. The Morgan fingerprint density at radius 1 is 1.08 bits per heavy atom. The third-order valence-electron chi connectivity index (χ3n) is 3.84. The molecular formula is C20H23NO5. The van der Waals surface area contributed by atoms with Gasteiger partial charge < -0.3 is 14.5 Å². The van der Waals surface area contributed by atoms with Gasteiger partial charge in [-0.05, 0) is 44.2 Å². The van der Waals surface area contributed by atoms with Gasteiger partial charge in [0.2, 0.25) is 11.7 Å². The van der Waals surface area contributed by atoms with Crippen LogP contribution in [0.2, 0.25) is 0 Å². The van der Waals surface area contributed by atoms with Crippen LogP contribution in [0.4, 0.5) is 5.69 Å². The molecule has 1 amide bonds. The number of benzene rings is 1. The Labute approximate surface area is 152 Å². The van der Waals surface area contributed by atoms with Gasteiger partial charge in [0.1, 0.15) is 11.3 Å². The predicted octanol–water partition coefficient (Wildman–Crippen LogP) is 4.00. The lowest BCUT2D eigenvalue weighted by Gasteiger charge is -2.18. The van der Waals surface area contributed by atoms with Crippen LogP contribution in [0.3, 0.4) is 0 Å². The highest BCUT2D eigenvalue weighted by Crippen LogP contribution is 2.19. The molecule has 0 spiro atoms. The first-order valence-corrected chi connectivity index (χ1v) is 8.30. The van der Waals surface area contributed by atoms with Crippen molar-refractivity contribution in [3.63, 3.8) is 0 Å². The average Bonchev–Trinajstić information content (AvgIpc) is 3.00. The van der Waals surface area contributed by atoms with Crippen molar-refractivity contribution in [1.29, 1.82) is 0 Å². The van der Waals surface area contributed by atoms with Gasteiger partial charge in [0.15, 0.2) is 6.10 Å². The van der Waals surface area contributed by atoms with E-state index in [4.69, 9.17) is 9.15 Å². The van der Waals surface area contributed by atoms with Crippen molar-refractivity contribution in [3.8, 4) is 0 Å². The Morgan fingerprint density at radius 2 is 1.69 bits per heavy atom. The topological polar surface area (TPSA) is 85.6 Å². The number of hydrogen-bond donors (Lipinski definition) is 1. The predicted molar refractivity (Wildman–Crippen MR) is 97.2 cm³/mol.